The fraction of sp³-hybridized carbons (Fsp3) is 0.214. The molecule has 0 aliphatic carbocycles. The maximum absolute atomic E-state index is 12.1. The van der Waals surface area contributed by atoms with Crippen molar-refractivity contribution >= 4 is 16.9 Å². The van der Waals surface area contributed by atoms with E-state index < -0.39 is 0 Å². The fourth-order valence-electron chi connectivity index (χ4n) is 1.61. The molecular weight excluding hydrogens is 260 g/mol. The van der Waals surface area contributed by atoms with Gasteiger partial charge < -0.3 is 4.74 Å². The van der Waals surface area contributed by atoms with Crippen LogP contribution in [0, 0.1) is 13.8 Å². The highest BCUT2D eigenvalue weighted by Crippen LogP contribution is 2.21. The molecule has 1 heterocycles. The zero-order chi connectivity index (χ0) is 13.8. The lowest BCUT2D eigenvalue weighted by atomic mass is 10.2. The summed E-state index contributed by atoms with van der Waals surface area (Å²) in [6.45, 7) is 3.77. The summed E-state index contributed by atoms with van der Waals surface area (Å²) >= 11 is 1.04. The van der Waals surface area contributed by atoms with E-state index in [0.717, 1.165) is 28.9 Å². The van der Waals surface area contributed by atoms with Gasteiger partial charge in [-0.2, -0.15) is 0 Å². The number of carbonyl (C=O) groups excluding carboxylic acids is 1. The molecule has 5 heteroatoms. The van der Waals surface area contributed by atoms with Crippen molar-refractivity contribution in [2.45, 2.75) is 19.0 Å². The maximum Gasteiger partial charge on any atom is 0.227 e. The molecule has 0 aliphatic rings. The fourth-order valence-corrected chi connectivity index (χ4v) is 2.41. The zero-order valence-corrected chi connectivity index (χ0v) is 11.8. The Morgan fingerprint density at radius 3 is 2.21 bits per heavy atom. The van der Waals surface area contributed by atoms with Crippen LogP contribution in [0.5, 0.6) is 5.75 Å². The van der Waals surface area contributed by atoms with Gasteiger partial charge in [0.25, 0.3) is 0 Å². The number of nitrogens with zero attached hydrogens (tertiary/aromatic N) is 2. The Bertz CT molecular complexity index is 577. The molecule has 0 bridgehead atoms. The smallest absolute Gasteiger partial charge is 0.227 e. The number of methoxy groups -OCH3 is 1. The number of benzene rings is 1. The predicted molar refractivity (Wildman–Crippen MR) is 74.7 cm³/mol. The van der Waals surface area contributed by atoms with E-state index in [9.17, 15) is 4.79 Å². The number of rotatable bonds is 3. The highest BCUT2D eigenvalue weighted by atomic mass is 32.2. The molecule has 2 aromatic rings. The predicted octanol–water partition coefficient (Wildman–Crippen LogP) is 3.03. The molecule has 0 amide bonds. The zero-order valence-electron chi connectivity index (χ0n) is 11.0. The number of aromatic nitrogens is 2. The van der Waals surface area contributed by atoms with E-state index in [1.54, 1.807) is 31.4 Å². The SMILES string of the molecule is COc1ccc(C(=O)Sc2nc(C)cc(C)n2)cc1. The molecule has 19 heavy (non-hydrogen) atoms. The van der Waals surface area contributed by atoms with Crippen LogP contribution < -0.4 is 4.74 Å². The van der Waals surface area contributed by atoms with Crippen molar-refractivity contribution in [2.75, 3.05) is 7.11 Å². The lowest BCUT2D eigenvalue weighted by Gasteiger charge is -2.03. The molecule has 0 saturated heterocycles. The molecule has 0 N–H and O–H groups in total. The van der Waals surface area contributed by atoms with E-state index in [4.69, 9.17) is 4.74 Å². The second kappa shape index (κ2) is 5.84. The van der Waals surface area contributed by atoms with Crippen LogP contribution in [0.1, 0.15) is 21.7 Å². The number of ether oxygens (including phenoxy) is 1. The van der Waals surface area contributed by atoms with Gasteiger partial charge in [-0.25, -0.2) is 9.97 Å². The summed E-state index contributed by atoms with van der Waals surface area (Å²) in [6.07, 6.45) is 0. The van der Waals surface area contributed by atoms with Crippen molar-refractivity contribution in [1.82, 2.24) is 9.97 Å². The molecule has 1 aromatic heterocycles. The molecule has 0 fully saturated rings. The average Bonchev–Trinajstić information content (AvgIpc) is 2.37. The van der Waals surface area contributed by atoms with E-state index >= 15 is 0 Å². The molecule has 4 nitrogen and oxygen atoms in total. The van der Waals surface area contributed by atoms with Gasteiger partial charge in [0, 0.05) is 17.0 Å². The third kappa shape index (κ3) is 3.54. The summed E-state index contributed by atoms with van der Waals surface area (Å²) in [5.41, 5.74) is 2.32. The molecule has 1 aromatic carbocycles. The quantitative estimate of drug-likeness (QED) is 0.636. The van der Waals surface area contributed by atoms with Crippen molar-refractivity contribution in [3.8, 4) is 5.75 Å². The Kier molecular flexibility index (Phi) is 4.16. The maximum atomic E-state index is 12.1. The normalized spacial score (nSPS) is 10.3. The first-order chi connectivity index (χ1) is 9.08. The first-order valence-corrected chi connectivity index (χ1v) is 6.58. The van der Waals surface area contributed by atoms with Crippen molar-refractivity contribution in [1.29, 1.82) is 0 Å². The molecule has 0 saturated carbocycles. The standard InChI is InChI=1S/C14H14N2O2S/c1-9-8-10(2)16-14(15-9)19-13(17)11-4-6-12(18-3)7-5-11/h4-8H,1-3H3. The van der Waals surface area contributed by atoms with E-state index in [2.05, 4.69) is 9.97 Å². The Morgan fingerprint density at radius 1 is 1.11 bits per heavy atom. The molecule has 0 unspecified atom stereocenters. The van der Waals surface area contributed by atoms with Gasteiger partial charge in [0.15, 0.2) is 5.16 Å². The molecule has 0 spiro atoms. The number of hydrogen-bond acceptors (Lipinski definition) is 5. The summed E-state index contributed by atoms with van der Waals surface area (Å²) in [4.78, 5) is 20.6. The summed E-state index contributed by atoms with van der Waals surface area (Å²) in [6, 6.07) is 8.86. The van der Waals surface area contributed by atoms with Crippen LogP contribution in [-0.2, 0) is 0 Å². The first kappa shape index (κ1) is 13.5. The van der Waals surface area contributed by atoms with Crippen LogP contribution >= 0.6 is 11.8 Å². The minimum absolute atomic E-state index is 0.0762. The third-order valence-corrected chi connectivity index (χ3v) is 3.26. The van der Waals surface area contributed by atoms with Crippen molar-refractivity contribution in [3.63, 3.8) is 0 Å². The van der Waals surface area contributed by atoms with Gasteiger partial charge in [-0.3, -0.25) is 4.79 Å². The average molecular weight is 274 g/mol. The third-order valence-electron chi connectivity index (χ3n) is 2.47. The largest absolute Gasteiger partial charge is 0.497 e. The van der Waals surface area contributed by atoms with E-state index in [1.807, 2.05) is 19.9 Å². The molecule has 0 radical (unpaired) electrons. The van der Waals surface area contributed by atoms with Gasteiger partial charge in [0.05, 0.1) is 7.11 Å². The van der Waals surface area contributed by atoms with Crippen LogP contribution in [0.25, 0.3) is 0 Å². The van der Waals surface area contributed by atoms with Gasteiger partial charge in [0.1, 0.15) is 5.75 Å². The second-order valence-electron chi connectivity index (χ2n) is 4.05. The Morgan fingerprint density at radius 2 is 1.68 bits per heavy atom. The Balaban J connectivity index is 2.15. The molecule has 0 aliphatic heterocycles. The number of hydrogen-bond donors (Lipinski definition) is 0. The molecule has 0 atom stereocenters. The van der Waals surface area contributed by atoms with Gasteiger partial charge >= 0.3 is 0 Å². The van der Waals surface area contributed by atoms with Crippen LogP contribution in [0.15, 0.2) is 35.5 Å². The summed E-state index contributed by atoms with van der Waals surface area (Å²) in [5.74, 6) is 0.726. The Labute approximate surface area is 116 Å². The van der Waals surface area contributed by atoms with Gasteiger partial charge in [-0.1, -0.05) is 0 Å². The summed E-state index contributed by atoms with van der Waals surface area (Å²) in [7, 11) is 1.59. The lowest BCUT2D eigenvalue weighted by molar-refractivity contribution is 0.108. The second-order valence-corrected chi connectivity index (χ2v) is 4.99. The summed E-state index contributed by atoms with van der Waals surface area (Å²) in [5, 5.41) is 0.408. The number of thioether (sulfide) groups is 1. The van der Waals surface area contributed by atoms with E-state index in [0.29, 0.717) is 10.7 Å². The van der Waals surface area contributed by atoms with E-state index in [-0.39, 0.29) is 5.12 Å². The highest BCUT2D eigenvalue weighted by Gasteiger charge is 2.11. The van der Waals surface area contributed by atoms with Crippen molar-refractivity contribution in [2.24, 2.45) is 0 Å². The molecule has 2 rings (SSSR count). The monoisotopic (exact) mass is 274 g/mol. The van der Waals surface area contributed by atoms with Crippen LogP contribution in [0.2, 0.25) is 0 Å². The van der Waals surface area contributed by atoms with Gasteiger partial charge in [0.2, 0.25) is 5.12 Å². The molecule has 98 valence electrons. The summed E-state index contributed by atoms with van der Waals surface area (Å²) < 4.78 is 5.06. The van der Waals surface area contributed by atoms with Gasteiger partial charge in [-0.15, -0.1) is 0 Å². The van der Waals surface area contributed by atoms with Crippen molar-refractivity contribution < 1.29 is 9.53 Å². The molecular formula is C14H14N2O2S. The van der Waals surface area contributed by atoms with E-state index in [1.165, 1.54) is 0 Å². The Hall–Kier alpha value is -1.88. The number of aryl methyl sites for hydroxylation is 2. The first-order valence-electron chi connectivity index (χ1n) is 5.77. The van der Waals surface area contributed by atoms with Crippen LogP contribution in [-0.4, -0.2) is 22.2 Å². The minimum atomic E-state index is -0.0762. The van der Waals surface area contributed by atoms with Crippen LogP contribution in [0.3, 0.4) is 0 Å². The topological polar surface area (TPSA) is 52.1 Å². The van der Waals surface area contributed by atoms with Crippen LogP contribution in [0.4, 0.5) is 0 Å². The van der Waals surface area contributed by atoms with Crippen molar-refractivity contribution in [3.05, 3.63) is 47.3 Å². The highest BCUT2D eigenvalue weighted by molar-refractivity contribution is 8.14. The number of carbonyl (C=O) groups is 1. The lowest BCUT2D eigenvalue weighted by Crippen LogP contribution is -1.98. The van der Waals surface area contributed by atoms with Gasteiger partial charge in [-0.05, 0) is 55.9 Å². The minimum Gasteiger partial charge on any atom is -0.497 e.